The van der Waals surface area contributed by atoms with E-state index in [-0.39, 0.29) is 17.9 Å². The van der Waals surface area contributed by atoms with Crippen molar-refractivity contribution in [1.29, 1.82) is 5.26 Å². The van der Waals surface area contributed by atoms with Crippen molar-refractivity contribution in [1.82, 2.24) is 15.2 Å². The average Bonchev–Trinajstić information content (AvgIpc) is 3.43. The molecular weight excluding hydrogens is 418 g/mol. The maximum Gasteiger partial charge on any atom is 0.263 e. The molecule has 1 aliphatic carbocycles. The zero-order chi connectivity index (χ0) is 21.1. The zero-order valence-corrected chi connectivity index (χ0v) is 18.6. The molecule has 0 spiro atoms. The molecule has 2 N–H and O–H groups in total. The number of fused-ring (bicyclic) bond motifs is 1. The molecule has 1 saturated heterocycles. The molecule has 2 amide bonds. The molecule has 2 aliphatic rings. The van der Waals surface area contributed by atoms with Crippen LogP contribution in [0.15, 0.2) is 5.51 Å². The fraction of sp³-hybridized carbons (Fsp3) is 0.524. The molecule has 0 bridgehead atoms. The summed E-state index contributed by atoms with van der Waals surface area (Å²) >= 11 is 2.93. The number of hydrogen-bond donors (Lipinski definition) is 2. The molecule has 9 heteroatoms. The first-order valence-electron chi connectivity index (χ1n) is 10.3. The van der Waals surface area contributed by atoms with Gasteiger partial charge in [-0.2, -0.15) is 5.26 Å². The molecule has 0 unspecified atom stereocenters. The van der Waals surface area contributed by atoms with Crippen molar-refractivity contribution in [3.63, 3.8) is 0 Å². The maximum atomic E-state index is 12.4. The van der Waals surface area contributed by atoms with Crippen LogP contribution in [0.25, 0.3) is 0 Å². The number of amides is 2. The van der Waals surface area contributed by atoms with E-state index in [4.69, 9.17) is 0 Å². The number of thiophene rings is 1. The van der Waals surface area contributed by atoms with Crippen molar-refractivity contribution in [3.05, 3.63) is 32.1 Å². The number of rotatable bonds is 6. The fourth-order valence-corrected chi connectivity index (χ4v) is 6.09. The SMILES string of the molecule is Cc1ncsc1C(=O)NC1CCN(CCC(=O)Nc2sc3c(c2C#N)CCC3)CC1. The molecule has 0 radical (unpaired) electrons. The second-order valence-corrected chi connectivity index (χ2v) is 9.79. The monoisotopic (exact) mass is 443 g/mol. The van der Waals surface area contributed by atoms with Crippen molar-refractivity contribution >= 4 is 39.5 Å². The van der Waals surface area contributed by atoms with E-state index in [1.54, 1.807) is 16.8 Å². The predicted molar refractivity (Wildman–Crippen MR) is 118 cm³/mol. The number of nitriles is 1. The minimum atomic E-state index is -0.0393. The van der Waals surface area contributed by atoms with Crippen molar-refractivity contribution in [2.75, 3.05) is 25.0 Å². The molecule has 0 atom stereocenters. The second kappa shape index (κ2) is 9.25. The number of hydrogen-bond acceptors (Lipinski definition) is 7. The number of aryl methyl sites for hydroxylation is 2. The van der Waals surface area contributed by atoms with Crippen LogP contribution in [0.1, 0.15) is 57.1 Å². The molecule has 0 aromatic carbocycles. The summed E-state index contributed by atoms with van der Waals surface area (Å²) in [7, 11) is 0. The minimum Gasteiger partial charge on any atom is -0.348 e. The summed E-state index contributed by atoms with van der Waals surface area (Å²) in [5.41, 5.74) is 4.27. The van der Waals surface area contributed by atoms with Crippen LogP contribution in [0.4, 0.5) is 5.00 Å². The summed E-state index contributed by atoms with van der Waals surface area (Å²) in [4.78, 5) is 33.1. The lowest BCUT2D eigenvalue weighted by atomic mass is 10.0. The third-order valence-corrected chi connectivity index (χ3v) is 7.95. The smallest absolute Gasteiger partial charge is 0.263 e. The third-order valence-electron chi connectivity index (χ3n) is 5.82. The van der Waals surface area contributed by atoms with Crippen LogP contribution in [0.3, 0.4) is 0 Å². The second-order valence-electron chi connectivity index (χ2n) is 7.83. The first kappa shape index (κ1) is 21.0. The van der Waals surface area contributed by atoms with E-state index in [9.17, 15) is 14.9 Å². The third kappa shape index (κ3) is 4.56. The maximum absolute atomic E-state index is 12.4. The number of carbonyl (C=O) groups excluding carboxylic acids is 2. The Balaban J connectivity index is 1.21. The molecule has 0 saturated carbocycles. The molecule has 158 valence electrons. The van der Waals surface area contributed by atoms with E-state index in [0.717, 1.165) is 56.5 Å². The lowest BCUT2D eigenvalue weighted by Gasteiger charge is -2.32. The number of nitrogens with zero attached hydrogens (tertiary/aromatic N) is 3. The van der Waals surface area contributed by atoms with Gasteiger partial charge < -0.3 is 15.5 Å². The van der Waals surface area contributed by atoms with E-state index in [1.807, 2.05) is 6.92 Å². The first-order chi connectivity index (χ1) is 14.5. The topological polar surface area (TPSA) is 98.1 Å². The Bertz CT molecular complexity index is 982. The molecule has 30 heavy (non-hydrogen) atoms. The van der Waals surface area contributed by atoms with Crippen LogP contribution in [0.5, 0.6) is 0 Å². The van der Waals surface area contributed by atoms with Gasteiger partial charge in [-0.3, -0.25) is 9.59 Å². The molecule has 1 aliphatic heterocycles. The molecule has 1 fully saturated rings. The van der Waals surface area contributed by atoms with E-state index in [2.05, 4.69) is 26.6 Å². The van der Waals surface area contributed by atoms with E-state index < -0.39 is 0 Å². The predicted octanol–water partition coefficient (Wildman–Crippen LogP) is 3.10. The highest BCUT2D eigenvalue weighted by Crippen LogP contribution is 2.38. The number of carbonyl (C=O) groups is 2. The quantitative estimate of drug-likeness (QED) is 0.715. The highest BCUT2D eigenvalue weighted by Gasteiger charge is 2.25. The Kier molecular flexibility index (Phi) is 6.46. The van der Waals surface area contributed by atoms with Crippen LogP contribution in [-0.2, 0) is 17.6 Å². The summed E-state index contributed by atoms with van der Waals surface area (Å²) in [5.74, 6) is -0.0773. The Labute approximate surface area is 184 Å². The molecule has 2 aromatic heterocycles. The summed E-state index contributed by atoms with van der Waals surface area (Å²) < 4.78 is 0. The Hall–Kier alpha value is -2.28. The van der Waals surface area contributed by atoms with Gasteiger partial charge in [0.2, 0.25) is 5.91 Å². The van der Waals surface area contributed by atoms with Crippen molar-refractivity contribution in [2.24, 2.45) is 0 Å². The van der Waals surface area contributed by atoms with E-state index in [1.165, 1.54) is 16.2 Å². The van der Waals surface area contributed by atoms with Crippen LogP contribution in [-0.4, -0.2) is 47.4 Å². The number of anilines is 1. The van der Waals surface area contributed by atoms with Gasteiger partial charge in [-0.25, -0.2) is 4.98 Å². The summed E-state index contributed by atoms with van der Waals surface area (Å²) in [5, 5.41) is 16.2. The van der Waals surface area contributed by atoms with Crippen LogP contribution < -0.4 is 10.6 Å². The van der Waals surface area contributed by atoms with Crippen molar-refractivity contribution in [3.8, 4) is 6.07 Å². The Morgan fingerprint density at radius 3 is 2.83 bits per heavy atom. The lowest BCUT2D eigenvalue weighted by Crippen LogP contribution is -2.45. The molecule has 2 aromatic rings. The first-order valence-corrected chi connectivity index (χ1v) is 12.0. The average molecular weight is 444 g/mol. The van der Waals surface area contributed by atoms with Crippen molar-refractivity contribution in [2.45, 2.75) is 51.5 Å². The van der Waals surface area contributed by atoms with Gasteiger partial charge in [0.1, 0.15) is 15.9 Å². The van der Waals surface area contributed by atoms with Crippen LogP contribution >= 0.6 is 22.7 Å². The Morgan fingerprint density at radius 2 is 2.13 bits per heavy atom. The summed E-state index contributed by atoms with van der Waals surface area (Å²) in [6.07, 6.45) is 5.22. The van der Waals surface area contributed by atoms with Gasteiger partial charge in [-0.05, 0) is 44.6 Å². The van der Waals surface area contributed by atoms with Gasteiger partial charge in [0.25, 0.3) is 5.91 Å². The fourth-order valence-electron chi connectivity index (χ4n) is 4.13. The molecular formula is C21H25N5O2S2. The van der Waals surface area contributed by atoms with Crippen molar-refractivity contribution < 1.29 is 9.59 Å². The minimum absolute atomic E-state index is 0.0380. The van der Waals surface area contributed by atoms with E-state index >= 15 is 0 Å². The number of thiazole rings is 1. The standard InChI is InChI=1S/C21H25N5O2S2/c1-13-19(29-12-23-13)20(28)24-14-5-8-26(9-6-14)10-7-18(27)25-21-16(11-22)15-3-2-4-17(15)30-21/h12,14H,2-10H2,1H3,(H,24,28)(H,25,27). The highest BCUT2D eigenvalue weighted by atomic mass is 32.1. The Morgan fingerprint density at radius 1 is 1.33 bits per heavy atom. The van der Waals surface area contributed by atoms with Gasteiger partial charge >= 0.3 is 0 Å². The van der Waals surface area contributed by atoms with Gasteiger partial charge in [0.15, 0.2) is 0 Å². The van der Waals surface area contributed by atoms with Gasteiger partial charge in [-0.1, -0.05) is 0 Å². The van der Waals surface area contributed by atoms with E-state index in [0.29, 0.717) is 28.4 Å². The summed E-state index contributed by atoms with van der Waals surface area (Å²) in [6.45, 7) is 4.25. The molecule has 7 nitrogen and oxygen atoms in total. The number of piperidine rings is 1. The number of nitrogens with one attached hydrogen (secondary N) is 2. The highest BCUT2D eigenvalue weighted by molar-refractivity contribution is 7.16. The van der Waals surface area contributed by atoms with Crippen LogP contribution in [0.2, 0.25) is 0 Å². The lowest BCUT2D eigenvalue weighted by molar-refractivity contribution is -0.116. The van der Waals surface area contributed by atoms with Gasteiger partial charge in [0, 0.05) is 37.0 Å². The number of aromatic nitrogens is 1. The molecule has 4 rings (SSSR count). The zero-order valence-electron chi connectivity index (χ0n) is 17.0. The van der Waals surface area contributed by atoms with Crippen LogP contribution in [0, 0.1) is 18.3 Å². The largest absolute Gasteiger partial charge is 0.348 e. The normalized spacial score (nSPS) is 16.8. The van der Waals surface area contributed by atoms with Gasteiger partial charge in [-0.15, -0.1) is 22.7 Å². The number of likely N-dealkylation sites (tertiary alicyclic amines) is 1. The molecule has 3 heterocycles. The summed E-state index contributed by atoms with van der Waals surface area (Å²) in [6, 6.07) is 2.43. The van der Waals surface area contributed by atoms with Gasteiger partial charge in [0.05, 0.1) is 16.8 Å².